The highest BCUT2D eigenvalue weighted by Gasteiger charge is 2.04. The summed E-state index contributed by atoms with van der Waals surface area (Å²) in [4.78, 5) is 0. The summed E-state index contributed by atoms with van der Waals surface area (Å²) in [5.74, 6) is 1.64. The van der Waals surface area contributed by atoms with Crippen LogP contribution in [0, 0.1) is 0 Å². The predicted octanol–water partition coefficient (Wildman–Crippen LogP) is 2.22. The molecule has 4 nitrogen and oxygen atoms in total. The molecule has 0 saturated heterocycles. The molecular weight excluding hydrogens is 230 g/mol. The van der Waals surface area contributed by atoms with Crippen LogP contribution in [0.3, 0.4) is 0 Å². The number of hydrogen-bond donors (Lipinski definition) is 1. The van der Waals surface area contributed by atoms with Crippen LogP contribution in [0.2, 0.25) is 0 Å². The van der Waals surface area contributed by atoms with Gasteiger partial charge in [-0.3, -0.25) is 0 Å². The third kappa shape index (κ3) is 4.94. The number of ether oxygens (including phenoxy) is 3. The summed E-state index contributed by atoms with van der Waals surface area (Å²) in [7, 11) is 3.32. The first-order chi connectivity index (χ1) is 8.67. The molecule has 0 unspecified atom stereocenters. The Morgan fingerprint density at radius 3 is 2.56 bits per heavy atom. The molecule has 0 fully saturated rings. The second-order valence-corrected chi connectivity index (χ2v) is 4.27. The molecule has 0 heterocycles. The minimum atomic E-state index is 0.280. The van der Waals surface area contributed by atoms with E-state index in [1.807, 2.05) is 32.0 Å². The van der Waals surface area contributed by atoms with E-state index in [9.17, 15) is 0 Å². The topological polar surface area (TPSA) is 39.7 Å². The monoisotopic (exact) mass is 253 g/mol. The van der Waals surface area contributed by atoms with Crippen molar-refractivity contribution in [3.8, 4) is 11.5 Å². The fraction of sp³-hybridized carbons (Fsp3) is 0.571. The third-order valence-electron chi connectivity index (χ3n) is 2.54. The lowest BCUT2D eigenvalue weighted by Crippen LogP contribution is -2.21. The zero-order valence-corrected chi connectivity index (χ0v) is 11.7. The van der Waals surface area contributed by atoms with Crippen molar-refractivity contribution in [3.05, 3.63) is 23.8 Å². The van der Waals surface area contributed by atoms with Gasteiger partial charge in [0.2, 0.25) is 0 Å². The lowest BCUT2D eigenvalue weighted by Gasteiger charge is -2.12. The average Bonchev–Trinajstić information content (AvgIpc) is 2.38. The highest BCUT2D eigenvalue weighted by Crippen LogP contribution is 2.24. The van der Waals surface area contributed by atoms with Crippen LogP contribution in [0.25, 0.3) is 0 Å². The van der Waals surface area contributed by atoms with Crippen LogP contribution >= 0.6 is 0 Å². The molecule has 0 bridgehead atoms. The van der Waals surface area contributed by atoms with Crippen LogP contribution in [0.4, 0.5) is 0 Å². The summed E-state index contributed by atoms with van der Waals surface area (Å²) in [6.45, 7) is 6.37. The summed E-state index contributed by atoms with van der Waals surface area (Å²) in [6.07, 6.45) is 0.280. The fourth-order valence-electron chi connectivity index (χ4n) is 1.59. The van der Waals surface area contributed by atoms with Gasteiger partial charge in [-0.2, -0.15) is 0 Å². The van der Waals surface area contributed by atoms with Gasteiger partial charge in [-0.15, -0.1) is 0 Å². The molecule has 1 aromatic carbocycles. The van der Waals surface area contributed by atoms with E-state index < -0.39 is 0 Å². The minimum absolute atomic E-state index is 0.280. The average molecular weight is 253 g/mol. The van der Waals surface area contributed by atoms with E-state index in [-0.39, 0.29) is 6.10 Å². The molecule has 1 N–H and O–H groups in total. The molecule has 0 spiro atoms. The van der Waals surface area contributed by atoms with Crippen LogP contribution in [-0.2, 0) is 11.3 Å². The molecule has 4 heteroatoms. The second-order valence-electron chi connectivity index (χ2n) is 4.27. The van der Waals surface area contributed by atoms with Crippen molar-refractivity contribution in [2.24, 2.45) is 0 Å². The largest absolute Gasteiger partial charge is 0.497 e. The maximum absolute atomic E-state index is 5.46. The first kappa shape index (κ1) is 14.8. The number of benzene rings is 1. The molecule has 102 valence electrons. The number of methoxy groups -OCH3 is 2. The smallest absolute Gasteiger partial charge is 0.127 e. The first-order valence-corrected chi connectivity index (χ1v) is 6.20. The molecule has 18 heavy (non-hydrogen) atoms. The van der Waals surface area contributed by atoms with Gasteiger partial charge < -0.3 is 19.5 Å². The summed E-state index contributed by atoms with van der Waals surface area (Å²) in [6, 6.07) is 5.83. The Labute approximate surface area is 109 Å². The Morgan fingerprint density at radius 1 is 1.17 bits per heavy atom. The van der Waals surface area contributed by atoms with Gasteiger partial charge in [0.15, 0.2) is 0 Å². The van der Waals surface area contributed by atoms with Crippen LogP contribution in [0.15, 0.2) is 18.2 Å². The first-order valence-electron chi connectivity index (χ1n) is 6.20. The van der Waals surface area contributed by atoms with Crippen molar-refractivity contribution in [1.29, 1.82) is 0 Å². The molecular formula is C14H23NO3. The van der Waals surface area contributed by atoms with Crippen LogP contribution in [-0.4, -0.2) is 33.5 Å². The van der Waals surface area contributed by atoms with Crippen LogP contribution in [0.1, 0.15) is 19.4 Å². The highest BCUT2D eigenvalue weighted by molar-refractivity contribution is 5.40. The SMILES string of the molecule is COc1ccc(CNCCOC(C)C)c(OC)c1. The minimum Gasteiger partial charge on any atom is -0.497 e. The lowest BCUT2D eigenvalue weighted by atomic mass is 10.2. The maximum atomic E-state index is 5.46. The molecule has 0 atom stereocenters. The van der Waals surface area contributed by atoms with Crippen molar-refractivity contribution in [1.82, 2.24) is 5.32 Å². The zero-order chi connectivity index (χ0) is 13.4. The van der Waals surface area contributed by atoms with E-state index in [0.717, 1.165) is 36.8 Å². The Kier molecular flexibility index (Phi) is 6.54. The second kappa shape index (κ2) is 7.95. The van der Waals surface area contributed by atoms with Gasteiger partial charge in [-0.25, -0.2) is 0 Å². The number of hydrogen-bond acceptors (Lipinski definition) is 4. The van der Waals surface area contributed by atoms with Gasteiger partial charge in [0, 0.05) is 24.7 Å². The Balaban J connectivity index is 2.41. The van der Waals surface area contributed by atoms with E-state index in [1.54, 1.807) is 14.2 Å². The van der Waals surface area contributed by atoms with E-state index in [1.165, 1.54) is 0 Å². The Hall–Kier alpha value is -1.26. The fourth-order valence-corrected chi connectivity index (χ4v) is 1.59. The number of nitrogens with one attached hydrogen (secondary N) is 1. The summed E-state index contributed by atoms with van der Waals surface area (Å²) < 4.78 is 16.0. The Morgan fingerprint density at radius 2 is 1.94 bits per heavy atom. The predicted molar refractivity (Wildman–Crippen MR) is 72.3 cm³/mol. The van der Waals surface area contributed by atoms with Crippen molar-refractivity contribution in [2.75, 3.05) is 27.4 Å². The molecule has 1 aromatic rings. The van der Waals surface area contributed by atoms with Crippen LogP contribution < -0.4 is 14.8 Å². The van der Waals surface area contributed by atoms with E-state index >= 15 is 0 Å². The van der Waals surface area contributed by atoms with Crippen LogP contribution in [0.5, 0.6) is 11.5 Å². The summed E-state index contributed by atoms with van der Waals surface area (Å²) >= 11 is 0. The van der Waals surface area contributed by atoms with E-state index in [0.29, 0.717) is 0 Å². The highest BCUT2D eigenvalue weighted by atomic mass is 16.5. The summed E-state index contributed by atoms with van der Waals surface area (Å²) in [5, 5.41) is 3.32. The van der Waals surface area contributed by atoms with E-state index in [2.05, 4.69) is 5.32 Å². The molecule has 0 saturated carbocycles. The molecule has 1 rings (SSSR count). The van der Waals surface area contributed by atoms with E-state index in [4.69, 9.17) is 14.2 Å². The molecule has 0 amide bonds. The van der Waals surface area contributed by atoms with Crippen molar-refractivity contribution >= 4 is 0 Å². The quantitative estimate of drug-likeness (QED) is 0.721. The van der Waals surface area contributed by atoms with Gasteiger partial charge in [0.1, 0.15) is 11.5 Å². The summed E-state index contributed by atoms with van der Waals surface area (Å²) in [5.41, 5.74) is 1.11. The van der Waals surface area contributed by atoms with Gasteiger partial charge in [-0.1, -0.05) is 6.07 Å². The molecule has 0 aliphatic rings. The van der Waals surface area contributed by atoms with Gasteiger partial charge in [0.25, 0.3) is 0 Å². The van der Waals surface area contributed by atoms with Crippen molar-refractivity contribution in [3.63, 3.8) is 0 Å². The number of rotatable bonds is 8. The standard InChI is InChI=1S/C14H23NO3/c1-11(2)18-8-7-15-10-12-5-6-13(16-3)9-14(12)17-4/h5-6,9,11,15H,7-8,10H2,1-4H3. The molecule has 0 aliphatic heterocycles. The van der Waals surface area contributed by atoms with Crippen molar-refractivity contribution in [2.45, 2.75) is 26.5 Å². The van der Waals surface area contributed by atoms with Crippen molar-refractivity contribution < 1.29 is 14.2 Å². The maximum Gasteiger partial charge on any atom is 0.127 e. The third-order valence-corrected chi connectivity index (χ3v) is 2.54. The molecule has 0 aromatic heterocycles. The normalized spacial score (nSPS) is 10.7. The Bertz CT molecular complexity index is 353. The van der Waals surface area contributed by atoms with Gasteiger partial charge in [0.05, 0.1) is 26.9 Å². The van der Waals surface area contributed by atoms with Gasteiger partial charge >= 0.3 is 0 Å². The molecule has 0 radical (unpaired) electrons. The molecule has 0 aliphatic carbocycles. The zero-order valence-electron chi connectivity index (χ0n) is 11.7. The lowest BCUT2D eigenvalue weighted by molar-refractivity contribution is 0.0807. The van der Waals surface area contributed by atoms with Gasteiger partial charge in [-0.05, 0) is 19.9 Å².